The molecule has 5 N–H and O–H groups in total. The molecule has 0 radical (unpaired) electrons. The van der Waals surface area contributed by atoms with E-state index in [0.717, 1.165) is 138 Å². The molecule has 7 rings (SSSR count). The smallest absolute Gasteiger partial charge is 0.261 e. The zero-order valence-corrected chi connectivity index (χ0v) is 54.6. The van der Waals surface area contributed by atoms with Crippen LogP contribution >= 0.6 is 0 Å². The standard InChI is InChI=1S/C22H25F5N2O.C20H26N2O.C16H18N2O2.C14H20N2O/c1-4-6-10-29(11-7-5-2)14-9-8-13(3)15(12-14)28-22(30)16-17(23)19(25)21(27)20(26)18(16)24;1-6-22(7-2)17-12-11-14(3)18(13-17)21-20(23)19-15(4)9-8-10-16(19)5;1-11-8-9-12(18(2)3)10-14(11)17-16(20)13-6-4-5-7-15(13)19;1-5-14(17)15-13-10-12(9-8-11(13)4)16(6-2)7-3/h8-9,12H,4-7,10-11H2,1-3H3,(H,28,30);8-13H,6-7H2,1-5H3,(H,21,23);4-10,19H,1-3H3,(H,17,20);5,8-10H,1,6-7H2,2-4H3,(H,15,17). The van der Waals surface area contributed by atoms with Crippen LogP contribution in [0.1, 0.15) is 132 Å². The first-order valence-corrected chi connectivity index (χ1v) is 30.4. The van der Waals surface area contributed by atoms with Gasteiger partial charge in [0.15, 0.2) is 23.3 Å². The van der Waals surface area contributed by atoms with Crippen LogP contribution in [0.2, 0.25) is 0 Å². The number of hydrogen-bond acceptors (Lipinski definition) is 9. The molecule has 482 valence electrons. The number of nitrogens with one attached hydrogen (secondary N) is 4. The number of phenolic OH excluding ortho intramolecular Hbond substituents is 1. The van der Waals surface area contributed by atoms with Crippen LogP contribution in [0.5, 0.6) is 5.75 Å². The summed E-state index contributed by atoms with van der Waals surface area (Å²) >= 11 is 0. The van der Waals surface area contributed by atoms with E-state index in [1.54, 1.807) is 37.3 Å². The average Bonchev–Trinajstić information content (AvgIpc) is 1.84. The molecule has 18 heteroatoms. The van der Waals surface area contributed by atoms with Crippen molar-refractivity contribution in [3.63, 3.8) is 0 Å². The van der Waals surface area contributed by atoms with Crippen molar-refractivity contribution >= 4 is 69.1 Å². The van der Waals surface area contributed by atoms with Crippen molar-refractivity contribution in [1.29, 1.82) is 0 Å². The lowest BCUT2D eigenvalue weighted by atomic mass is 10.0. The molecule has 13 nitrogen and oxygen atoms in total. The molecule has 90 heavy (non-hydrogen) atoms. The fourth-order valence-electron chi connectivity index (χ4n) is 9.48. The molecule has 0 heterocycles. The summed E-state index contributed by atoms with van der Waals surface area (Å²) < 4.78 is 68.0. The molecule has 0 aliphatic rings. The molecule has 7 aromatic rings. The molecule has 0 fully saturated rings. The minimum atomic E-state index is -2.30. The fourth-order valence-corrected chi connectivity index (χ4v) is 9.48. The van der Waals surface area contributed by atoms with Crippen LogP contribution in [0.25, 0.3) is 0 Å². The molecule has 4 amide bonds. The number of amides is 4. The highest BCUT2D eigenvalue weighted by molar-refractivity contribution is 6.08. The Kier molecular flexibility index (Phi) is 29.1. The summed E-state index contributed by atoms with van der Waals surface area (Å²) in [6.07, 6.45) is 5.20. The number of carbonyl (C=O) groups excluding carboxylic acids is 4. The number of phenols is 1. The third kappa shape index (κ3) is 20.2. The minimum absolute atomic E-state index is 0.0218. The molecule has 0 atom stereocenters. The molecule has 0 bridgehead atoms. The predicted molar refractivity (Wildman–Crippen MR) is 361 cm³/mol. The van der Waals surface area contributed by atoms with Crippen LogP contribution in [0, 0.1) is 70.6 Å². The summed E-state index contributed by atoms with van der Waals surface area (Å²) in [5, 5.41) is 20.7. The van der Waals surface area contributed by atoms with E-state index >= 15 is 0 Å². The third-order valence-electron chi connectivity index (χ3n) is 15.1. The van der Waals surface area contributed by atoms with E-state index in [4.69, 9.17) is 0 Å². The Morgan fingerprint density at radius 2 is 0.789 bits per heavy atom. The molecule has 0 aliphatic heterocycles. The van der Waals surface area contributed by atoms with Gasteiger partial charge in [-0.3, -0.25) is 19.2 Å². The van der Waals surface area contributed by atoms with Gasteiger partial charge in [-0.2, -0.15) is 0 Å². The number of hydrogen-bond donors (Lipinski definition) is 5. The summed E-state index contributed by atoms with van der Waals surface area (Å²) in [4.78, 5) is 57.2. The lowest BCUT2D eigenvalue weighted by Gasteiger charge is -2.26. The molecule has 0 aliphatic carbocycles. The maximum atomic E-state index is 14.0. The first kappa shape index (κ1) is 73.3. The molecule has 0 spiro atoms. The molecule has 0 aromatic heterocycles. The van der Waals surface area contributed by atoms with E-state index in [9.17, 15) is 46.2 Å². The van der Waals surface area contributed by atoms with Crippen molar-refractivity contribution in [3.8, 4) is 5.75 Å². The lowest BCUT2D eigenvalue weighted by molar-refractivity contribution is -0.111. The highest BCUT2D eigenvalue weighted by Crippen LogP contribution is 2.30. The number of carbonyl (C=O) groups is 4. The van der Waals surface area contributed by atoms with Gasteiger partial charge < -0.3 is 46.0 Å². The van der Waals surface area contributed by atoms with Gasteiger partial charge in [0.05, 0.1) is 5.56 Å². The number of aryl methyl sites for hydroxylation is 6. The number of rotatable bonds is 22. The van der Waals surface area contributed by atoms with Gasteiger partial charge in [-0.15, -0.1) is 0 Å². The SMILES string of the molecule is C=CC(=O)Nc1cc(N(CC)CC)ccc1C.CCCCN(CCCC)c1ccc(C)c(NC(=O)c2c(F)c(F)c(F)c(F)c2F)c1.CCN(CC)c1ccc(C)c(NC(=O)c2c(C)cccc2C)c1.Cc1ccc(N(C)C)cc1NC(=O)c1ccccc1O. The Bertz CT molecular complexity index is 3530. The first-order valence-electron chi connectivity index (χ1n) is 30.4. The van der Waals surface area contributed by atoms with Crippen LogP contribution in [0.4, 0.5) is 67.5 Å². The monoisotopic (exact) mass is 1240 g/mol. The summed E-state index contributed by atoms with van der Waals surface area (Å²) in [6.45, 7) is 33.0. The van der Waals surface area contributed by atoms with E-state index in [1.165, 1.54) is 12.1 Å². The van der Waals surface area contributed by atoms with Crippen LogP contribution in [0.15, 0.2) is 128 Å². The lowest BCUT2D eigenvalue weighted by Crippen LogP contribution is -2.26. The van der Waals surface area contributed by atoms with Gasteiger partial charge in [0.25, 0.3) is 17.7 Å². The van der Waals surface area contributed by atoms with Crippen molar-refractivity contribution in [2.75, 3.05) is 94.2 Å². The Morgan fingerprint density at radius 1 is 0.433 bits per heavy atom. The van der Waals surface area contributed by atoms with Gasteiger partial charge in [-0.05, 0) is 182 Å². The predicted octanol–water partition coefficient (Wildman–Crippen LogP) is 17.0. The summed E-state index contributed by atoms with van der Waals surface area (Å²) in [5.74, 6) is -12.9. The minimum Gasteiger partial charge on any atom is -0.507 e. The van der Waals surface area contributed by atoms with Crippen LogP contribution in [-0.4, -0.2) is 82.1 Å². The second kappa shape index (κ2) is 35.7. The highest BCUT2D eigenvalue weighted by atomic mass is 19.2. The fraction of sp³-hybridized carbons (Fsp3) is 0.333. The van der Waals surface area contributed by atoms with Gasteiger partial charge in [0.2, 0.25) is 11.7 Å². The maximum absolute atomic E-state index is 14.0. The topological polar surface area (TPSA) is 150 Å². The van der Waals surface area contributed by atoms with E-state index in [0.29, 0.717) is 5.56 Å². The third-order valence-corrected chi connectivity index (χ3v) is 15.1. The summed E-state index contributed by atoms with van der Waals surface area (Å²) in [6, 6.07) is 35.9. The number of aromatic hydroxyl groups is 1. The van der Waals surface area contributed by atoms with Gasteiger partial charge in [-0.1, -0.05) is 87.9 Å². The van der Waals surface area contributed by atoms with Crippen molar-refractivity contribution in [3.05, 3.63) is 207 Å². The second-order valence-electron chi connectivity index (χ2n) is 21.7. The molecule has 0 saturated carbocycles. The number of unbranched alkanes of at least 4 members (excludes halogenated alkanes) is 2. The summed E-state index contributed by atoms with van der Waals surface area (Å²) in [5.41, 5.74) is 12.0. The Labute approximate surface area is 529 Å². The maximum Gasteiger partial charge on any atom is 0.261 e. The zero-order valence-electron chi connectivity index (χ0n) is 54.6. The largest absolute Gasteiger partial charge is 0.507 e. The summed E-state index contributed by atoms with van der Waals surface area (Å²) in [7, 11) is 3.89. The van der Waals surface area contributed by atoms with Crippen LogP contribution in [-0.2, 0) is 4.79 Å². The number of para-hydroxylation sites is 1. The van der Waals surface area contributed by atoms with Crippen molar-refractivity contribution in [2.24, 2.45) is 0 Å². The Morgan fingerprint density at radius 3 is 1.18 bits per heavy atom. The number of halogens is 5. The highest BCUT2D eigenvalue weighted by Gasteiger charge is 2.30. The van der Waals surface area contributed by atoms with E-state index in [1.807, 2.05) is 108 Å². The van der Waals surface area contributed by atoms with Crippen LogP contribution < -0.4 is 40.9 Å². The van der Waals surface area contributed by atoms with E-state index < -0.39 is 40.6 Å². The van der Waals surface area contributed by atoms with Gasteiger partial charge in [0, 0.05) is 104 Å². The Hall–Kier alpha value is -9.19. The number of nitrogens with zero attached hydrogens (tertiary/aromatic N) is 4. The van der Waals surface area contributed by atoms with Gasteiger partial charge in [-0.25, -0.2) is 22.0 Å². The molecule has 7 aromatic carbocycles. The number of benzene rings is 7. The zero-order chi connectivity index (χ0) is 66.9. The van der Waals surface area contributed by atoms with Crippen molar-refractivity contribution in [2.45, 2.75) is 109 Å². The van der Waals surface area contributed by atoms with E-state index in [-0.39, 0.29) is 34.7 Å². The molecule has 0 saturated heterocycles. The van der Waals surface area contributed by atoms with Crippen LogP contribution in [0.3, 0.4) is 0 Å². The molecular weight excluding hydrogens is 1150 g/mol. The second-order valence-corrected chi connectivity index (χ2v) is 21.7. The van der Waals surface area contributed by atoms with Gasteiger partial charge in [0.1, 0.15) is 11.3 Å². The average molecular weight is 1240 g/mol. The molecular formula is C72H89F5N8O5. The van der Waals surface area contributed by atoms with E-state index in [2.05, 4.69) is 108 Å². The van der Waals surface area contributed by atoms with Gasteiger partial charge >= 0.3 is 0 Å². The number of anilines is 8. The Balaban J connectivity index is 0.000000262. The first-order chi connectivity index (χ1) is 42.8. The molecule has 0 unspecified atom stereocenters. The van der Waals surface area contributed by atoms with Crippen molar-refractivity contribution in [1.82, 2.24) is 0 Å². The van der Waals surface area contributed by atoms with Crippen molar-refractivity contribution < 1.29 is 46.2 Å². The quantitative estimate of drug-likeness (QED) is 0.0193. The normalized spacial score (nSPS) is 10.4.